The van der Waals surface area contributed by atoms with Gasteiger partial charge in [-0.2, -0.15) is 15.0 Å². The van der Waals surface area contributed by atoms with Crippen LogP contribution in [0.4, 0.5) is 10.9 Å². The number of fused-ring (bicyclic) bond motifs is 1. The second-order valence-electron chi connectivity index (χ2n) is 5.81. The molecule has 0 atom stereocenters. The van der Waals surface area contributed by atoms with Gasteiger partial charge in [0.05, 0.1) is 16.6 Å². The summed E-state index contributed by atoms with van der Waals surface area (Å²) in [7, 11) is 0. The minimum absolute atomic E-state index is 0.405. The monoisotopic (exact) mass is 401 g/mol. The average molecular weight is 401 g/mol. The molecule has 0 fully saturated rings. The topological polar surface area (TPSA) is 92.3 Å². The Morgan fingerprint density at radius 1 is 1.04 bits per heavy atom. The zero-order chi connectivity index (χ0) is 18.9. The molecule has 0 aliphatic carbocycles. The Labute approximate surface area is 167 Å². The van der Waals surface area contributed by atoms with Crippen LogP contribution in [-0.4, -0.2) is 25.0 Å². The third-order valence-electron chi connectivity index (χ3n) is 4.07. The van der Waals surface area contributed by atoms with Crippen molar-refractivity contribution >= 4 is 44.5 Å². The molecule has 7 nitrogen and oxygen atoms in total. The number of nitrogens with one attached hydrogen (secondary N) is 1. The number of pyridine rings is 1. The van der Waals surface area contributed by atoms with E-state index in [1.54, 1.807) is 16.0 Å². The van der Waals surface area contributed by atoms with Crippen molar-refractivity contribution in [3.63, 3.8) is 0 Å². The van der Waals surface area contributed by atoms with E-state index in [2.05, 4.69) is 31.7 Å². The molecule has 0 bridgehead atoms. The van der Waals surface area contributed by atoms with Gasteiger partial charge in [-0.1, -0.05) is 35.6 Å². The van der Waals surface area contributed by atoms with Gasteiger partial charge in [0.25, 0.3) is 0 Å². The van der Waals surface area contributed by atoms with E-state index >= 15 is 0 Å². The molecule has 5 aromatic rings. The van der Waals surface area contributed by atoms with Crippen LogP contribution in [0.1, 0.15) is 5.56 Å². The van der Waals surface area contributed by atoms with E-state index in [1.807, 2.05) is 53.9 Å². The van der Waals surface area contributed by atoms with E-state index in [9.17, 15) is 5.26 Å². The second kappa shape index (κ2) is 6.84. The van der Waals surface area contributed by atoms with Gasteiger partial charge in [-0.15, -0.1) is 21.5 Å². The van der Waals surface area contributed by atoms with Crippen LogP contribution in [0.25, 0.3) is 26.6 Å². The lowest BCUT2D eigenvalue weighted by Gasteiger charge is -2.08. The molecule has 4 heterocycles. The van der Waals surface area contributed by atoms with Gasteiger partial charge < -0.3 is 5.32 Å². The number of rotatable bonds is 4. The number of aromatic nitrogens is 5. The summed E-state index contributed by atoms with van der Waals surface area (Å²) in [4.78, 5) is 5.71. The van der Waals surface area contributed by atoms with Crippen molar-refractivity contribution in [3.8, 4) is 21.8 Å². The molecule has 134 valence electrons. The number of hydrogen-bond donors (Lipinski definition) is 1. The Kier molecular flexibility index (Phi) is 4.05. The molecule has 9 heteroatoms. The molecule has 0 amide bonds. The number of thiophene rings is 1. The maximum absolute atomic E-state index is 9.49. The molecule has 4 aromatic heterocycles. The minimum atomic E-state index is 0.405. The first kappa shape index (κ1) is 16.6. The smallest absolute Gasteiger partial charge is 0.211 e. The first-order valence-electron chi connectivity index (χ1n) is 8.30. The highest BCUT2D eigenvalue weighted by molar-refractivity contribution is 7.22. The van der Waals surface area contributed by atoms with Gasteiger partial charge >= 0.3 is 0 Å². The largest absolute Gasteiger partial charge is 0.313 e. The molecule has 28 heavy (non-hydrogen) atoms. The molecular weight excluding hydrogens is 390 g/mol. The van der Waals surface area contributed by atoms with Crippen molar-refractivity contribution in [2.45, 2.75) is 0 Å². The molecule has 0 saturated heterocycles. The Balaban J connectivity index is 1.54. The number of anilines is 2. The van der Waals surface area contributed by atoms with E-state index in [4.69, 9.17) is 0 Å². The zero-order valence-electron chi connectivity index (χ0n) is 14.3. The van der Waals surface area contributed by atoms with Gasteiger partial charge in [0.1, 0.15) is 11.6 Å². The standard InChI is InChI=1S/C19H11N7S2/c20-10-13-11-21-26(16-8-7-12-4-1-2-5-14(12)22-16)17(13)23-19-25-24-18(28-19)15-6-3-9-27-15/h1-9,11H,(H,23,25). The van der Waals surface area contributed by atoms with Crippen molar-refractivity contribution in [3.05, 3.63) is 65.7 Å². The number of hydrogen-bond acceptors (Lipinski definition) is 8. The fraction of sp³-hybridized carbons (Fsp3) is 0. The fourth-order valence-corrected chi connectivity index (χ4v) is 4.31. The third kappa shape index (κ3) is 2.90. The molecule has 0 unspecified atom stereocenters. The molecule has 5 rings (SSSR count). The number of para-hydroxylation sites is 1. The van der Waals surface area contributed by atoms with Gasteiger partial charge in [-0.25, -0.2) is 4.98 Å². The lowest BCUT2D eigenvalue weighted by Crippen LogP contribution is -2.05. The predicted octanol–water partition coefficient (Wildman–Crippen LogP) is 4.62. The Morgan fingerprint density at radius 2 is 1.96 bits per heavy atom. The van der Waals surface area contributed by atoms with Crippen LogP contribution in [0.2, 0.25) is 0 Å². The SMILES string of the molecule is N#Cc1cnn(-c2ccc3ccccc3n2)c1Nc1nnc(-c2cccs2)s1. The summed E-state index contributed by atoms with van der Waals surface area (Å²) in [6.07, 6.45) is 1.51. The van der Waals surface area contributed by atoms with Crippen LogP contribution in [0, 0.1) is 11.3 Å². The highest BCUT2D eigenvalue weighted by atomic mass is 32.1. The second-order valence-corrected chi connectivity index (χ2v) is 7.73. The van der Waals surface area contributed by atoms with Gasteiger partial charge in [0.2, 0.25) is 5.13 Å². The molecule has 0 radical (unpaired) electrons. The number of benzene rings is 1. The van der Waals surface area contributed by atoms with E-state index < -0.39 is 0 Å². The number of nitriles is 1. The molecule has 0 saturated carbocycles. The summed E-state index contributed by atoms with van der Waals surface area (Å²) in [5, 5.41) is 29.9. The summed E-state index contributed by atoms with van der Waals surface area (Å²) in [6, 6.07) is 17.8. The zero-order valence-corrected chi connectivity index (χ0v) is 15.9. The van der Waals surface area contributed by atoms with E-state index in [1.165, 1.54) is 17.5 Å². The van der Waals surface area contributed by atoms with Gasteiger partial charge in [-0.05, 0) is 29.6 Å². The quantitative estimate of drug-likeness (QED) is 0.472. The molecule has 0 aliphatic rings. The van der Waals surface area contributed by atoms with Crippen LogP contribution >= 0.6 is 22.7 Å². The summed E-state index contributed by atoms with van der Waals surface area (Å²) in [5.41, 5.74) is 1.26. The fourth-order valence-electron chi connectivity index (χ4n) is 2.77. The highest BCUT2D eigenvalue weighted by Gasteiger charge is 2.16. The predicted molar refractivity (Wildman–Crippen MR) is 110 cm³/mol. The Bertz CT molecular complexity index is 1310. The Hall–Kier alpha value is -3.61. The summed E-state index contributed by atoms with van der Waals surface area (Å²) >= 11 is 3.03. The van der Waals surface area contributed by atoms with Gasteiger partial charge in [-0.3, -0.25) is 0 Å². The third-order valence-corrected chi connectivity index (χ3v) is 5.95. The summed E-state index contributed by atoms with van der Waals surface area (Å²) in [5.74, 6) is 1.13. The van der Waals surface area contributed by atoms with Crippen molar-refractivity contribution < 1.29 is 0 Å². The lowest BCUT2D eigenvalue weighted by molar-refractivity contribution is 0.859. The van der Waals surface area contributed by atoms with Crippen molar-refractivity contribution in [2.24, 2.45) is 0 Å². The lowest BCUT2D eigenvalue weighted by atomic mass is 10.2. The maximum Gasteiger partial charge on any atom is 0.211 e. The molecular formula is C19H11N7S2. The minimum Gasteiger partial charge on any atom is -0.313 e. The van der Waals surface area contributed by atoms with Crippen LogP contribution in [-0.2, 0) is 0 Å². The summed E-state index contributed by atoms with van der Waals surface area (Å²) < 4.78 is 1.61. The molecule has 0 aliphatic heterocycles. The van der Waals surface area contributed by atoms with Crippen molar-refractivity contribution in [2.75, 3.05) is 5.32 Å². The average Bonchev–Trinajstić information content (AvgIpc) is 3.48. The van der Waals surface area contributed by atoms with Crippen LogP contribution < -0.4 is 5.32 Å². The van der Waals surface area contributed by atoms with Crippen LogP contribution in [0.15, 0.2) is 60.1 Å². The van der Waals surface area contributed by atoms with Crippen LogP contribution in [0.5, 0.6) is 0 Å². The van der Waals surface area contributed by atoms with E-state index in [0.717, 1.165) is 20.8 Å². The van der Waals surface area contributed by atoms with Crippen LogP contribution in [0.3, 0.4) is 0 Å². The normalized spacial score (nSPS) is 10.8. The Morgan fingerprint density at radius 3 is 2.82 bits per heavy atom. The summed E-state index contributed by atoms with van der Waals surface area (Å²) in [6.45, 7) is 0. The van der Waals surface area contributed by atoms with Crippen molar-refractivity contribution in [1.29, 1.82) is 5.26 Å². The van der Waals surface area contributed by atoms with Gasteiger partial charge in [0.15, 0.2) is 16.6 Å². The maximum atomic E-state index is 9.49. The number of nitrogens with zero attached hydrogens (tertiary/aromatic N) is 6. The molecule has 1 aromatic carbocycles. The molecule has 0 spiro atoms. The van der Waals surface area contributed by atoms with E-state index in [-0.39, 0.29) is 0 Å². The van der Waals surface area contributed by atoms with Gasteiger partial charge in [0, 0.05) is 5.39 Å². The van der Waals surface area contributed by atoms with Crippen molar-refractivity contribution in [1.82, 2.24) is 25.0 Å². The first-order valence-corrected chi connectivity index (χ1v) is 10.00. The molecule has 1 N–H and O–H groups in total. The first-order chi connectivity index (χ1) is 13.8. The highest BCUT2D eigenvalue weighted by Crippen LogP contribution is 2.32. The van der Waals surface area contributed by atoms with E-state index in [0.29, 0.717) is 22.3 Å².